The molecule has 0 atom stereocenters. The van der Waals surface area contributed by atoms with Gasteiger partial charge in [-0.2, -0.15) is 0 Å². The number of aliphatic hydroxyl groups excluding tert-OH is 1. The zero-order valence-electron chi connectivity index (χ0n) is 7.46. The Morgan fingerprint density at radius 2 is 2.15 bits per heavy atom. The summed E-state index contributed by atoms with van der Waals surface area (Å²) < 4.78 is 1.06. The van der Waals surface area contributed by atoms with Crippen molar-refractivity contribution in [3.63, 3.8) is 0 Å². The maximum absolute atomic E-state index is 8.89. The normalized spacial score (nSPS) is 10.4. The van der Waals surface area contributed by atoms with Crippen molar-refractivity contribution in [1.82, 2.24) is 0 Å². The summed E-state index contributed by atoms with van der Waals surface area (Å²) in [6, 6.07) is 5.92. The molecule has 0 spiro atoms. The first-order chi connectivity index (χ1) is 6.27. The van der Waals surface area contributed by atoms with Crippen LogP contribution in [0.5, 0.6) is 0 Å². The molecule has 1 aromatic carbocycles. The van der Waals surface area contributed by atoms with Gasteiger partial charge in [0.15, 0.2) is 0 Å². The summed E-state index contributed by atoms with van der Waals surface area (Å²) in [4.78, 5) is 0. The predicted molar refractivity (Wildman–Crippen MR) is 57.4 cm³/mol. The zero-order valence-corrected chi connectivity index (χ0v) is 9.05. The van der Waals surface area contributed by atoms with Crippen LogP contribution in [0.1, 0.15) is 17.5 Å². The third kappa shape index (κ3) is 3.10. The molecule has 1 rings (SSSR count). The largest absolute Gasteiger partial charge is 0.392 e. The van der Waals surface area contributed by atoms with Crippen molar-refractivity contribution in [1.29, 1.82) is 0 Å². The molecule has 0 saturated heterocycles. The van der Waals surface area contributed by atoms with E-state index in [1.165, 1.54) is 5.56 Å². The second kappa shape index (κ2) is 5.37. The van der Waals surface area contributed by atoms with Crippen LogP contribution in [0, 0.1) is 0 Å². The molecule has 13 heavy (non-hydrogen) atoms. The first kappa shape index (κ1) is 10.7. The molecule has 0 fully saturated rings. The van der Waals surface area contributed by atoms with E-state index in [1.807, 2.05) is 18.2 Å². The van der Waals surface area contributed by atoms with Crippen LogP contribution in [0.25, 0.3) is 0 Å². The number of rotatable bonds is 4. The van der Waals surface area contributed by atoms with Gasteiger partial charge in [0.05, 0.1) is 6.61 Å². The number of aryl methyl sites for hydroxylation is 1. The highest BCUT2D eigenvalue weighted by Crippen LogP contribution is 2.19. The maximum Gasteiger partial charge on any atom is 0.0682 e. The van der Waals surface area contributed by atoms with Gasteiger partial charge in [-0.3, -0.25) is 0 Å². The number of hydrogen-bond donors (Lipinski definition) is 2. The molecule has 1 aromatic rings. The Morgan fingerprint density at radius 1 is 1.38 bits per heavy atom. The summed E-state index contributed by atoms with van der Waals surface area (Å²) in [6.45, 7) is 0.809. The molecule has 0 saturated carbocycles. The third-order valence-electron chi connectivity index (χ3n) is 1.95. The molecule has 2 nitrogen and oxygen atoms in total. The van der Waals surface area contributed by atoms with Crippen LogP contribution >= 0.6 is 15.9 Å². The minimum Gasteiger partial charge on any atom is -0.392 e. The van der Waals surface area contributed by atoms with Crippen molar-refractivity contribution in [2.24, 2.45) is 5.73 Å². The van der Waals surface area contributed by atoms with Crippen LogP contribution in [0.4, 0.5) is 0 Å². The van der Waals surface area contributed by atoms with Gasteiger partial charge in [0.2, 0.25) is 0 Å². The van der Waals surface area contributed by atoms with E-state index in [9.17, 15) is 0 Å². The number of nitrogens with two attached hydrogens (primary N) is 1. The lowest BCUT2D eigenvalue weighted by molar-refractivity contribution is 0.281. The molecule has 0 aromatic heterocycles. The SMILES string of the molecule is NCCCc1ccc(CO)cc1Br. The second-order valence-corrected chi connectivity index (χ2v) is 3.83. The van der Waals surface area contributed by atoms with Crippen molar-refractivity contribution in [2.45, 2.75) is 19.4 Å². The van der Waals surface area contributed by atoms with Crippen LogP contribution in [0.15, 0.2) is 22.7 Å². The van der Waals surface area contributed by atoms with Crippen molar-refractivity contribution in [3.8, 4) is 0 Å². The minimum absolute atomic E-state index is 0.0930. The zero-order chi connectivity index (χ0) is 9.68. The number of benzene rings is 1. The van der Waals surface area contributed by atoms with Gasteiger partial charge in [-0.05, 0) is 36.6 Å². The van der Waals surface area contributed by atoms with Gasteiger partial charge in [-0.15, -0.1) is 0 Å². The van der Waals surface area contributed by atoms with Gasteiger partial charge in [0.1, 0.15) is 0 Å². The summed E-state index contributed by atoms with van der Waals surface area (Å²) in [5.74, 6) is 0. The molecule has 0 amide bonds. The Labute approximate surface area is 86.9 Å². The fourth-order valence-electron chi connectivity index (χ4n) is 1.18. The summed E-state index contributed by atoms with van der Waals surface area (Å²) >= 11 is 3.47. The van der Waals surface area contributed by atoms with E-state index in [0.29, 0.717) is 6.54 Å². The summed E-state index contributed by atoms with van der Waals surface area (Å²) in [5, 5.41) is 8.89. The molecule has 3 N–H and O–H groups in total. The molecule has 3 heteroatoms. The topological polar surface area (TPSA) is 46.2 Å². The standard InChI is InChI=1S/C10H14BrNO/c11-10-6-8(7-13)3-4-9(10)2-1-5-12/h3-4,6,13H,1-2,5,7,12H2. The van der Waals surface area contributed by atoms with E-state index in [4.69, 9.17) is 10.8 Å². The Kier molecular flexibility index (Phi) is 4.42. The molecule has 0 bridgehead atoms. The van der Waals surface area contributed by atoms with Gasteiger partial charge < -0.3 is 10.8 Å². The Hall–Kier alpha value is -0.380. The lowest BCUT2D eigenvalue weighted by Gasteiger charge is -2.04. The van der Waals surface area contributed by atoms with Crippen molar-refractivity contribution >= 4 is 15.9 Å². The highest BCUT2D eigenvalue weighted by Gasteiger charge is 2.00. The third-order valence-corrected chi connectivity index (χ3v) is 2.69. The highest BCUT2D eigenvalue weighted by atomic mass is 79.9. The van der Waals surface area contributed by atoms with Gasteiger partial charge in [0, 0.05) is 4.47 Å². The summed E-state index contributed by atoms with van der Waals surface area (Å²) in [5.41, 5.74) is 7.61. The summed E-state index contributed by atoms with van der Waals surface area (Å²) in [6.07, 6.45) is 1.99. The average Bonchev–Trinajstić information content (AvgIpc) is 2.16. The first-order valence-corrected chi connectivity index (χ1v) is 5.15. The van der Waals surface area contributed by atoms with E-state index in [0.717, 1.165) is 22.9 Å². The number of aliphatic hydroxyl groups is 1. The van der Waals surface area contributed by atoms with Crippen molar-refractivity contribution in [2.75, 3.05) is 6.54 Å². The van der Waals surface area contributed by atoms with Crippen molar-refractivity contribution < 1.29 is 5.11 Å². The van der Waals surface area contributed by atoms with Gasteiger partial charge in [0.25, 0.3) is 0 Å². The van der Waals surface area contributed by atoms with E-state index in [2.05, 4.69) is 15.9 Å². The molecule has 72 valence electrons. The molecule has 0 aliphatic carbocycles. The van der Waals surface area contributed by atoms with E-state index >= 15 is 0 Å². The van der Waals surface area contributed by atoms with Gasteiger partial charge in [-0.1, -0.05) is 28.1 Å². The predicted octanol–water partition coefficient (Wildman–Crippen LogP) is 1.83. The van der Waals surface area contributed by atoms with E-state index < -0.39 is 0 Å². The average molecular weight is 244 g/mol. The van der Waals surface area contributed by atoms with Gasteiger partial charge >= 0.3 is 0 Å². The number of halogens is 1. The molecule has 0 aliphatic rings. The minimum atomic E-state index is 0.0930. The van der Waals surface area contributed by atoms with Gasteiger partial charge in [-0.25, -0.2) is 0 Å². The molecule has 0 radical (unpaired) electrons. The molecule has 0 aliphatic heterocycles. The van der Waals surface area contributed by atoms with Crippen LogP contribution in [-0.2, 0) is 13.0 Å². The van der Waals surface area contributed by atoms with Crippen LogP contribution in [0.3, 0.4) is 0 Å². The molecular formula is C10H14BrNO. The van der Waals surface area contributed by atoms with Crippen LogP contribution in [-0.4, -0.2) is 11.7 Å². The fourth-order valence-corrected chi connectivity index (χ4v) is 1.81. The smallest absolute Gasteiger partial charge is 0.0682 e. The molecule has 0 unspecified atom stereocenters. The number of hydrogen-bond acceptors (Lipinski definition) is 2. The lowest BCUT2D eigenvalue weighted by Crippen LogP contribution is -2.00. The van der Waals surface area contributed by atoms with Crippen LogP contribution in [0.2, 0.25) is 0 Å². The van der Waals surface area contributed by atoms with E-state index in [-0.39, 0.29) is 6.61 Å². The monoisotopic (exact) mass is 243 g/mol. The fraction of sp³-hybridized carbons (Fsp3) is 0.400. The quantitative estimate of drug-likeness (QED) is 0.848. The maximum atomic E-state index is 8.89. The Balaban J connectivity index is 2.73. The lowest BCUT2D eigenvalue weighted by atomic mass is 10.1. The molecular weight excluding hydrogens is 230 g/mol. The second-order valence-electron chi connectivity index (χ2n) is 2.98. The van der Waals surface area contributed by atoms with Crippen LogP contribution < -0.4 is 5.73 Å². The highest BCUT2D eigenvalue weighted by molar-refractivity contribution is 9.10. The Bertz CT molecular complexity index is 276. The summed E-state index contributed by atoms with van der Waals surface area (Å²) in [7, 11) is 0. The molecule has 0 heterocycles. The van der Waals surface area contributed by atoms with Crippen molar-refractivity contribution in [3.05, 3.63) is 33.8 Å². The first-order valence-electron chi connectivity index (χ1n) is 4.36. The van der Waals surface area contributed by atoms with E-state index in [1.54, 1.807) is 0 Å². The Morgan fingerprint density at radius 3 is 2.69 bits per heavy atom.